The van der Waals surface area contributed by atoms with Gasteiger partial charge in [0.15, 0.2) is 0 Å². The van der Waals surface area contributed by atoms with Crippen LogP contribution in [0.4, 0.5) is 4.79 Å². The molecule has 0 spiro atoms. The molecule has 6 rings (SSSR count). The van der Waals surface area contributed by atoms with Gasteiger partial charge in [-0.15, -0.1) is 0 Å². The maximum Gasteiger partial charge on any atom is 0.335 e. The standard InChI is InChI=1S/C20H27N3O4/c1-11(15-2-3-15)21-16(24)10-22-17(25)18(26)23(19(22)27)20-7-12-4-13(8-20)6-14(5-12)9-20/h11-15H,2-10H2,1H3,(H,21,24)/t11-,12?,13?,14?,20?/m0/s1. The molecule has 1 atom stereocenters. The van der Waals surface area contributed by atoms with Crippen molar-refractivity contribution >= 4 is 23.8 Å². The number of carbonyl (C=O) groups is 4. The zero-order valence-electron chi connectivity index (χ0n) is 15.8. The Morgan fingerprint density at radius 2 is 1.59 bits per heavy atom. The van der Waals surface area contributed by atoms with Crippen LogP contribution in [0, 0.1) is 23.7 Å². The molecule has 1 heterocycles. The Labute approximate surface area is 158 Å². The Bertz CT molecular complexity index is 693. The predicted molar refractivity (Wildman–Crippen MR) is 95.2 cm³/mol. The van der Waals surface area contributed by atoms with Crippen LogP contribution in [-0.2, 0) is 14.4 Å². The molecule has 6 fully saturated rings. The number of rotatable bonds is 5. The van der Waals surface area contributed by atoms with Crippen LogP contribution in [-0.4, -0.2) is 51.7 Å². The minimum absolute atomic E-state index is 0.0419. The molecule has 146 valence electrons. The van der Waals surface area contributed by atoms with E-state index in [1.165, 1.54) is 24.2 Å². The Morgan fingerprint density at radius 3 is 2.11 bits per heavy atom. The second kappa shape index (κ2) is 5.79. The summed E-state index contributed by atoms with van der Waals surface area (Å²) in [6.07, 6.45) is 8.23. The zero-order valence-corrected chi connectivity index (χ0v) is 15.8. The number of amides is 5. The molecular formula is C20H27N3O4. The van der Waals surface area contributed by atoms with E-state index in [2.05, 4.69) is 5.32 Å². The van der Waals surface area contributed by atoms with E-state index in [1.54, 1.807) is 0 Å². The molecule has 0 aromatic carbocycles. The van der Waals surface area contributed by atoms with Gasteiger partial charge in [0.25, 0.3) is 0 Å². The highest BCUT2D eigenvalue weighted by Gasteiger charge is 2.61. The van der Waals surface area contributed by atoms with Gasteiger partial charge in [-0.2, -0.15) is 0 Å². The highest BCUT2D eigenvalue weighted by molar-refractivity contribution is 6.45. The fourth-order valence-corrected chi connectivity index (χ4v) is 6.56. The van der Waals surface area contributed by atoms with Crippen molar-refractivity contribution in [3.8, 4) is 0 Å². The second-order valence-corrected chi connectivity index (χ2v) is 9.65. The van der Waals surface area contributed by atoms with E-state index < -0.39 is 23.4 Å². The van der Waals surface area contributed by atoms with E-state index in [-0.39, 0.29) is 18.5 Å². The number of carbonyl (C=O) groups excluding carboxylic acids is 4. The van der Waals surface area contributed by atoms with Crippen molar-refractivity contribution in [1.82, 2.24) is 15.1 Å². The zero-order chi connectivity index (χ0) is 18.9. The average molecular weight is 373 g/mol. The number of hydrogen-bond donors (Lipinski definition) is 1. The van der Waals surface area contributed by atoms with E-state index in [4.69, 9.17) is 0 Å². The Morgan fingerprint density at radius 1 is 1.04 bits per heavy atom. The summed E-state index contributed by atoms with van der Waals surface area (Å²) in [5.41, 5.74) is -0.495. The van der Waals surface area contributed by atoms with Gasteiger partial charge >= 0.3 is 17.8 Å². The lowest BCUT2D eigenvalue weighted by molar-refractivity contribution is -0.150. The van der Waals surface area contributed by atoms with E-state index in [0.29, 0.717) is 23.7 Å². The minimum atomic E-state index is -0.843. The normalized spacial score (nSPS) is 38.7. The van der Waals surface area contributed by atoms with Crippen molar-refractivity contribution in [3.05, 3.63) is 0 Å². The van der Waals surface area contributed by atoms with Gasteiger partial charge in [0.1, 0.15) is 6.54 Å². The smallest absolute Gasteiger partial charge is 0.335 e. The molecule has 6 aliphatic rings. The van der Waals surface area contributed by atoms with Crippen LogP contribution in [0.2, 0.25) is 0 Å². The molecule has 0 aromatic rings. The van der Waals surface area contributed by atoms with Gasteiger partial charge in [-0.1, -0.05) is 0 Å². The van der Waals surface area contributed by atoms with E-state index in [9.17, 15) is 19.2 Å². The molecule has 1 saturated heterocycles. The number of urea groups is 1. The van der Waals surface area contributed by atoms with Crippen LogP contribution in [0.25, 0.3) is 0 Å². The lowest BCUT2D eigenvalue weighted by Gasteiger charge is -2.58. The van der Waals surface area contributed by atoms with E-state index in [0.717, 1.165) is 37.0 Å². The molecule has 1 N–H and O–H groups in total. The van der Waals surface area contributed by atoms with Crippen molar-refractivity contribution in [1.29, 1.82) is 0 Å². The van der Waals surface area contributed by atoms with Crippen LogP contribution in [0.15, 0.2) is 0 Å². The van der Waals surface area contributed by atoms with Gasteiger partial charge in [-0.05, 0) is 82.0 Å². The molecular weight excluding hydrogens is 346 g/mol. The van der Waals surface area contributed by atoms with Crippen molar-refractivity contribution in [2.24, 2.45) is 23.7 Å². The first-order chi connectivity index (χ1) is 12.9. The third-order valence-corrected chi connectivity index (χ3v) is 7.55. The summed E-state index contributed by atoms with van der Waals surface area (Å²) in [7, 11) is 0. The third-order valence-electron chi connectivity index (χ3n) is 7.55. The highest BCUT2D eigenvalue weighted by Crippen LogP contribution is 2.58. The molecule has 4 bridgehead atoms. The summed E-state index contributed by atoms with van der Waals surface area (Å²) >= 11 is 0. The fourth-order valence-electron chi connectivity index (χ4n) is 6.56. The largest absolute Gasteiger partial charge is 0.352 e. The average Bonchev–Trinajstić information content (AvgIpc) is 3.39. The number of nitrogens with one attached hydrogen (secondary N) is 1. The molecule has 5 aliphatic carbocycles. The monoisotopic (exact) mass is 373 g/mol. The van der Waals surface area contributed by atoms with Gasteiger partial charge in [-0.25, -0.2) is 14.6 Å². The van der Waals surface area contributed by atoms with Gasteiger partial charge in [0, 0.05) is 6.04 Å². The summed E-state index contributed by atoms with van der Waals surface area (Å²) in [5, 5.41) is 2.86. The van der Waals surface area contributed by atoms with Crippen LogP contribution in [0.5, 0.6) is 0 Å². The van der Waals surface area contributed by atoms with Crippen molar-refractivity contribution in [2.75, 3.05) is 6.54 Å². The maximum absolute atomic E-state index is 13.0. The molecule has 0 unspecified atom stereocenters. The van der Waals surface area contributed by atoms with Crippen LogP contribution in [0.1, 0.15) is 58.3 Å². The van der Waals surface area contributed by atoms with Gasteiger partial charge in [0.2, 0.25) is 5.91 Å². The highest BCUT2D eigenvalue weighted by atomic mass is 16.2. The van der Waals surface area contributed by atoms with Crippen molar-refractivity contribution < 1.29 is 19.2 Å². The first kappa shape index (κ1) is 17.2. The quantitative estimate of drug-likeness (QED) is 0.587. The number of nitrogens with zero attached hydrogens (tertiary/aromatic N) is 2. The Kier molecular flexibility index (Phi) is 3.69. The Hall–Kier alpha value is -1.92. The molecule has 27 heavy (non-hydrogen) atoms. The molecule has 0 radical (unpaired) electrons. The third kappa shape index (κ3) is 2.69. The minimum Gasteiger partial charge on any atom is -0.352 e. The summed E-state index contributed by atoms with van der Waals surface area (Å²) in [6, 6.07) is -0.540. The fraction of sp³-hybridized carbons (Fsp3) is 0.800. The van der Waals surface area contributed by atoms with Crippen LogP contribution in [0.3, 0.4) is 0 Å². The van der Waals surface area contributed by atoms with Crippen molar-refractivity contribution in [2.45, 2.75) is 69.9 Å². The topological polar surface area (TPSA) is 86.8 Å². The second-order valence-electron chi connectivity index (χ2n) is 9.65. The lowest BCUT2D eigenvalue weighted by atomic mass is 9.52. The first-order valence-corrected chi connectivity index (χ1v) is 10.4. The summed E-state index contributed by atoms with van der Waals surface area (Å²) in [5.74, 6) is 0.228. The van der Waals surface area contributed by atoms with Crippen molar-refractivity contribution in [3.63, 3.8) is 0 Å². The summed E-state index contributed by atoms with van der Waals surface area (Å²) < 4.78 is 0. The van der Waals surface area contributed by atoms with E-state index in [1.807, 2.05) is 6.92 Å². The number of hydrogen-bond acceptors (Lipinski definition) is 4. The van der Waals surface area contributed by atoms with Gasteiger partial charge in [-0.3, -0.25) is 14.4 Å². The lowest BCUT2D eigenvalue weighted by Crippen LogP contribution is -2.62. The van der Waals surface area contributed by atoms with Gasteiger partial charge < -0.3 is 5.32 Å². The first-order valence-electron chi connectivity index (χ1n) is 10.4. The molecule has 1 aliphatic heterocycles. The maximum atomic E-state index is 13.0. The van der Waals surface area contributed by atoms with E-state index >= 15 is 0 Å². The summed E-state index contributed by atoms with van der Waals surface area (Å²) in [6.45, 7) is 1.58. The molecule has 7 nitrogen and oxygen atoms in total. The Balaban J connectivity index is 1.33. The predicted octanol–water partition coefficient (Wildman–Crippen LogP) is 1.66. The molecule has 7 heteroatoms. The molecule has 5 amide bonds. The molecule has 5 saturated carbocycles. The van der Waals surface area contributed by atoms with Gasteiger partial charge in [0.05, 0.1) is 5.54 Å². The van der Waals surface area contributed by atoms with Crippen LogP contribution < -0.4 is 5.32 Å². The SMILES string of the molecule is C[C@H](NC(=O)CN1C(=O)C(=O)N(C23CC4CC(CC(C4)C2)C3)C1=O)C1CC1. The van der Waals surface area contributed by atoms with Crippen LogP contribution >= 0.6 is 0 Å². The summed E-state index contributed by atoms with van der Waals surface area (Å²) in [4.78, 5) is 52.7. The molecule has 0 aromatic heterocycles. The number of imide groups is 2.